The first kappa shape index (κ1) is 16.9. The van der Waals surface area contributed by atoms with E-state index >= 15 is 0 Å². The molecule has 1 aromatic rings. The number of nitrogens with zero attached hydrogens (tertiary/aromatic N) is 1. The van der Waals surface area contributed by atoms with E-state index in [1.54, 1.807) is 6.07 Å². The van der Waals surface area contributed by atoms with Gasteiger partial charge in [-0.15, -0.1) is 0 Å². The number of carbonyl (C=O) groups is 1. The molecule has 0 aliphatic carbocycles. The molecule has 1 saturated heterocycles. The van der Waals surface area contributed by atoms with Gasteiger partial charge in [-0.05, 0) is 23.6 Å². The van der Waals surface area contributed by atoms with Gasteiger partial charge in [-0.25, -0.2) is 4.39 Å². The molecule has 0 spiro atoms. The lowest BCUT2D eigenvalue weighted by molar-refractivity contribution is -0.145. The average Bonchev–Trinajstić information content (AvgIpc) is 2.90. The lowest BCUT2D eigenvalue weighted by atomic mass is 9.89. The fraction of sp³-hybridized carbons (Fsp3) is 0.588. The number of carboxylic acids is 1. The summed E-state index contributed by atoms with van der Waals surface area (Å²) < 4.78 is 13.4. The van der Waals surface area contributed by atoms with Crippen LogP contribution in [0.4, 0.5) is 4.39 Å². The van der Waals surface area contributed by atoms with Gasteiger partial charge >= 0.3 is 5.97 Å². The molecule has 1 aliphatic rings. The Kier molecular flexibility index (Phi) is 5.53. The maximum absolute atomic E-state index is 13.4. The first-order valence-electron chi connectivity index (χ1n) is 7.81. The van der Waals surface area contributed by atoms with Gasteiger partial charge in [0.2, 0.25) is 0 Å². The molecular formula is C17H24FNO3. The molecule has 0 radical (unpaired) electrons. The molecule has 1 heterocycles. The molecule has 1 fully saturated rings. The van der Waals surface area contributed by atoms with E-state index in [4.69, 9.17) is 0 Å². The van der Waals surface area contributed by atoms with Crippen LogP contribution >= 0.6 is 0 Å². The summed E-state index contributed by atoms with van der Waals surface area (Å²) in [5.74, 6) is -1.20. The molecule has 4 nitrogen and oxygen atoms in total. The third kappa shape index (κ3) is 3.47. The number of hydrogen-bond acceptors (Lipinski definition) is 3. The molecule has 2 N–H and O–H groups in total. The Labute approximate surface area is 130 Å². The molecular weight excluding hydrogens is 285 g/mol. The summed E-state index contributed by atoms with van der Waals surface area (Å²) in [6.45, 7) is 4.95. The highest BCUT2D eigenvalue weighted by Gasteiger charge is 2.40. The van der Waals surface area contributed by atoms with Crippen molar-refractivity contribution in [2.75, 3.05) is 19.7 Å². The predicted octanol–water partition coefficient (Wildman–Crippen LogP) is 2.33. The normalized spacial score (nSPS) is 25.1. The van der Waals surface area contributed by atoms with Crippen molar-refractivity contribution in [1.82, 2.24) is 4.90 Å². The van der Waals surface area contributed by atoms with Crippen molar-refractivity contribution in [2.24, 2.45) is 11.8 Å². The number of hydrogen-bond donors (Lipinski definition) is 2. The molecule has 22 heavy (non-hydrogen) atoms. The number of benzene rings is 1. The van der Waals surface area contributed by atoms with E-state index in [0.29, 0.717) is 13.1 Å². The first-order chi connectivity index (χ1) is 10.5. The van der Waals surface area contributed by atoms with Crippen molar-refractivity contribution in [3.63, 3.8) is 0 Å². The van der Waals surface area contributed by atoms with Crippen LogP contribution in [0.25, 0.3) is 0 Å². The largest absolute Gasteiger partial charge is 0.480 e. The average molecular weight is 309 g/mol. The van der Waals surface area contributed by atoms with E-state index in [1.807, 2.05) is 24.8 Å². The molecule has 0 bridgehead atoms. The lowest BCUT2D eigenvalue weighted by Crippen LogP contribution is -2.44. The molecule has 1 aromatic carbocycles. The monoisotopic (exact) mass is 309 g/mol. The van der Waals surface area contributed by atoms with Crippen molar-refractivity contribution >= 4 is 5.97 Å². The molecule has 2 rings (SSSR count). The molecule has 5 heteroatoms. The van der Waals surface area contributed by atoms with E-state index in [0.717, 1.165) is 12.0 Å². The maximum atomic E-state index is 13.4. The molecule has 122 valence electrons. The van der Waals surface area contributed by atoms with Gasteiger partial charge in [0.25, 0.3) is 0 Å². The number of aliphatic hydroxyl groups is 1. The van der Waals surface area contributed by atoms with E-state index < -0.39 is 12.0 Å². The molecule has 0 saturated carbocycles. The van der Waals surface area contributed by atoms with Crippen molar-refractivity contribution in [2.45, 2.75) is 32.2 Å². The number of carboxylic acid groups (broad SMARTS) is 1. The second-order valence-electron chi connectivity index (χ2n) is 6.23. The van der Waals surface area contributed by atoms with Crippen LogP contribution in [0, 0.1) is 17.7 Å². The highest BCUT2D eigenvalue weighted by atomic mass is 19.1. The first-order valence-corrected chi connectivity index (χ1v) is 7.81. The van der Waals surface area contributed by atoms with Gasteiger partial charge in [0, 0.05) is 31.5 Å². The smallest absolute Gasteiger partial charge is 0.321 e. The summed E-state index contributed by atoms with van der Waals surface area (Å²) in [4.78, 5) is 13.5. The fourth-order valence-corrected chi connectivity index (χ4v) is 3.41. The van der Waals surface area contributed by atoms with Gasteiger partial charge in [-0.3, -0.25) is 9.69 Å². The summed E-state index contributed by atoms with van der Waals surface area (Å²) >= 11 is 0. The molecule has 4 atom stereocenters. The number of aliphatic hydroxyl groups excluding tert-OH is 1. The highest BCUT2D eigenvalue weighted by molar-refractivity contribution is 5.74. The fourth-order valence-electron chi connectivity index (χ4n) is 3.41. The van der Waals surface area contributed by atoms with Crippen LogP contribution in [-0.4, -0.2) is 46.8 Å². The summed E-state index contributed by atoms with van der Waals surface area (Å²) in [5, 5.41) is 19.2. The van der Waals surface area contributed by atoms with E-state index in [1.165, 1.54) is 12.1 Å². The molecule has 0 aromatic heterocycles. The SMILES string of the molecule is CC[C@@H](C)[C@H](C(=O)O)N1C[C@H](CO)[C@@H](c2cccc(F)c2)C1. The van der Waals surface area contributed by atoms with Crippen LogP contribution in [0.5, 0.6) is 0 Å². The quantitative estimate of drug-likeness (QED) is 0.847. The van der Waals surface area contributed by atoms with Gasteiger partial charge in [0.15, 0.2) is 0 Å². The standard InChI is InChI=1S/C17H24FNO3/c1-3-11(2)16(17(21)22)19-8-13(10-20)15(9-19)12-5-4-6-14(18)7-12/h4-7,11,13,15-16,20H,3,8-10H2,1-2H3,(H,21,22)/t11-,13-,15-,16-/m1/s1. The zero-order chi connectivity index (χ0) is 16.3. The zero-order valence-electron chi connectivity index (χ0n) is 13.1. The number of rotatable bonds is 6. The predicted molar refractivity (Wildman–Crippen MR) is 82.2 cm³/mol. The maximum Gasteiger partial charge on any atom is 0.321 e. The Morgan fingerprint density at radius 2 is 2.18 bits per heavy atom. The highest BCUT2D eigenvalue weighted by Crippen LogP contribution is 2.35. The third-order valence-corrected chi connectivity index (χ3v) is 4.81. The number of halogens is 1. The number of aliphatic carboxylic acids is 1. The Morgan fingerprint density at radius 3 is 2.73 bits per heavy atom. The van der Waals surface area contributed by atoms with Gasteiger partial charge < -0.3 is 10.2 Å². The van der Waals surface area contributed by atoms with Crippen molar-refractivity contribution in [3.05, 3.63) is 35.6 Å². The van der Waals surface area contributed by atoms with Gasteiger partial charge in [0.1, 0.15) is 11.9 Å². The van der Waals surface area contributed by atoms with E-state index in [9.17, 15) is 19.4 Å². The zero-order valence-corrected chi connectivity index (χ0v) is 13.1. The van der Waals surface area contributed by atoms with Crippen LogP contribution in [0.1, 0.15) is 31.7 Å². The molecule has 1 aliphatic heterocycles. The lowest BCUT2D eigenvalue weighted by Gasteiger charge is -2.28. The molecule has 0 unspecified atom stereocenters. The van der Waals surface area contributed by atoms with Crippen molar-refractivity contribution in [1.29, 1.82) is 0 Å². The minimum absolute atomic E-state index is 0.0233. The minimum atomic E-state index is -0.828. The topological polar surface area (TPSA) is 60.8 Å². The van der Waals surface area contributed by atoms with E-state index in [-0.39, 0.29) is 30.2 Å². The Hall–Kier alpha value is -1.46. The second-order valence-corrected chi connectivity index (χ2v) is 6.23. The van der Waals surface area contributed by atoms with Gasteiger partial charge in [-0.2, -0.15) is 0 Å². The molecule has 0 amide bonds. The van der Waals surface area contributed by atoms with Gasteiger partial charge in [0.05, 0.1) is 0 Å². The summed E-state index contributed by atoms with van der Waals surface area (Å²) in [5.41, 5.74) is 0.829. The van der Waals surface area contributed by atoms with Crippen LogP contribution in [0.15, 0.2) is 24.3 Å². The third-order valence-electron chi connectivity index (χ3n) is 4.81. The Bertz CT molecular complexity index is 522. The summed E-state index contributed by atoms with van der Waals surface area (Å²) in [6.07, 6.45) is 0.780. The van der Waals surface area contributed by atoms with Crippen LogP contribution in [-0.2, 0) is 4.79 Å². The summed E-state index contributed by atoms with van der Waals surface area (Å²) in [6, 6.07) is 5.82. The number of likely N-dealkylation sites (tertiary alicyclic amines) is 1. The van der Waals surface area contributed by atoms with Crippen LogP contribution < -0.4 is 0 Å². The van der Waals surface area contributed by atoms with Gasteiger partial charge in [-0.1, -0.05) is 32.4 Å². The van der Waals surface area contributed by atoms with Crippen molar-refractivity contribution < 1.29 is 19.4 Å². The Balaban J connectivity index is 2.23. The second kappa shape index (κ2) is 7.20. The van der Waals surface area contributed by atoms with Crippen LogP contribution in [0.2, 0.25) is 0 Å². The summed E-state index contributed by atoms with van der Waals surface area (Å²) in [7, 11) is 0. The van der Waals surface area contributed by atoms with E-state index in [2.05, 4.69) is 0 Å². The Morgan fingerprint density at radius 1 is 1.45 bits per heavy atom. The van der Waals surface area contributed by atoms with Crippen LogP contribution in [0.3, 0.4) is 0 Å². The minimum Gasteiger partial charge on any atom is -0.480 e. The van der Waals surface area contributed by atoms with Crippen molar-refractivity contribution in [3.8, 4) is 0 Å².